The second-order valence-electron chi connectivity index (χ2n) is 4.66. The van der Waals surface area contributed by atoms with Gasteiger partial charge in [0.05, 0.1) is 17.8 Å². The van der Waals surface area contributed by atoms with Crippen molar-refractivity contribution in [2.24, 2.45) is 0 Å². The third-order valence-electron chi connectivity index (χ3n) is 3.14. The van der Waals surface area contributed by atoms with Gasteiger partial charge in [-0.1, -0.05) is 35.9 Å². The van der Waals surface area contributed by atoms with Gasteiger partial charge < -0.3 is 11.1 Å². The Bertz CT molecular complexity index is 585. The van der Waals surface area contributed by atoms with Gasteiger partial charge in [-0.15, -0.1) is 0 Å². The van der Waals surface area contributed by atoms with E-state index in [0.29, 0.717) is 11.4 Å². The van der Waals surface area contributed by atoms with Gasteiger partial charge >= 0.3 is 0 Å². The van der Waals surface area contributed by atoms with Crippen LogP contribution >= 0.6 is 0 Å². The minimum Gasteiger partial charge on any atom is -0.398 e. The largest absolute Gasteiger partial charge is 0.398 e. The maximum atomic E-state index is 8.40. The van der Waals surface area contributed by atoms with Crippen molar-refractivity contribution in [1.29, 1.82) is 5.41 Å². The smallest absolute Gasteiger partial charge is 0.141 e. The van der Waals surface area contributed by atoms with Gasteiger partial charge in [0.15, 0.2) is 0 Å². The molecule has 0 amide bonds. The summed E-state index contributed by atoms with van der Waals surface area (Å²) in [6, 6.07) is 13.8. The van der Waals surface area contributed by atoms with Crippen molar-refractivity contribution in [2.45, 2.75) is 13.8 Å². The van der Waals surface area contributed by atoms with E-state index in [1.807, 2.05) is 49.4 Å². The summed E-state index contributed by atoms with van der Waals surface area (Å²) in [6.45, 7) is 5.06. The highest BCUT2D eigenvalue weighted by Gasteiger charge is 2.15. The van der Waals surface area contributed by atoms with Gasteiger partial charge in [-0.3, -0.25) is 5.41 Å². The number of hydrogen-bond acceptors (Lipinski definition) is 2. The molecule has 0 saturated heterocycles. The number of aryl methyl sites for hydroxylation is 1. The summed E-state index contributed by atoms with van der Waals surface area (Å²) in [5.41, 5.74) is 11.2. The fourth-order valence-corrected chi connectivity index (χ4v) is 2.13. The SMILES string of the molecule is CC[NH2+]c1cccc(N)c1C(=N)c1ccc(C)cc1. The van der Waals surface area contributed by atoms with E-state index in [2.05, 4.69) is 12.2 Å². The molecule has 0 aromatic heterocycles. The van der Waals surface area contributed by atoms with Crippen molar-refractivity contribution >= 4 is 17.1 Å². The minimum atomic E-state index is 0.484. The lowest BCUT2D eigenvalue weighted by Gasteiger charge is -2.11. The van der Waals surface area contributed by atoms with E-state index in [-0.39, 0.29) is 0 Å². The van der Waals surface area contributed by atoms with E-state index in [4.69, 9.17) is 11.1 Å². The Balaban J connectivity index is 2.46. The van der Waals surface area contributed by atoms with E-state index in [9.17, 15) is 0 Å². The van der Waals surface area contributed by atoms with Gasteiger partial charge in [-0.2, -0.15) is 0 Å². The molecular formula is C16H20N3+. The molecule has 0 aliphatic carbocycles. The molecule has 0 spiro atoms. The predicted molar refractivity (Wildman–Crippen MR) is 80.1 cm³/mol. The van der Waals surface area contributed by atoms with Gasteiger partial charge in [0.1, 0.15) is 5.69 Å². The van der Waals surface area contributed by atoms with Gasteiger partial charge in [0.2, 0.25) is 0 Å². The van der Waals surface area contributed by atoms with E-state index < -0.39 is 0 Å². The second kappa shape index (κ2) is 5.67. The average Bonchev–Trinajstić information content (AvgIpc) is 2.39. The van der Waals surface area contributed by atoms with Crippen molar-refractivity contribution in [3.63, 3.8) is 0 Å². The van der Waals surface area contributed by atoms with Crippen molar-refractivity contribution in [2.75, 3.05) is 12.3 Å². The highest BCUT2D eigenvalue weighted by molar-refractivity contribution is 6.16. The Morgan fingerprint density at radius 1 is 1.16 bits per heavy atom. The van der Waals surface area contributed by atoms with Gasteiger partial charge in [0.25, 0.3) is 0 Å². The quantitative estimate of drug-likeness (QED) is 0.568. The van der Waals surface area contributed by atoms with Crippen LogP contribution < -0.4 is 11.1 Å². The third kappa shape index (κ3) is 2.83. The summed E-state index contributed by atoms with van der Waals surface area (Å²) in [5, 5.41) is 10.5. The van der Waals surface area contributed by atoms with Crippen LogP contribution in [0.25, 0.3) is 0 Å². The van der Waals surface area contributed by atoms with Crippen LogP contribution in [0.2, 0.25) is 0 Å². The minimum absolute atomic E-state index is 0.484. The fourth-order valence-electron chi connectivity index (χ4n) is 2.13. The first-order chi connectivity index (χ1) is 9.13. The number of hydrogen-bond donors (Lipinski definition) is 3. The van der Waals surface area contributed by atoms with Gasteiger partial charge in [-0.25, -0.2) is 0 Å². The Morgan fingerprint density at radius 3 is 2.47 bits per heavy atom. The standard InChI is InChI=1S/C16H19N3/c1-3-19-14-6-4-5-13(17)15(14)16(18)12-9-7-11(2)8-10-12/h4-10,18-19H,3,17H2,1-2H3/p+1. The Morgan fingerprint density at radius 2 is 1.84 bits per heavy atom. The first kappa shape index (κ1) is 13.3. The van der Waals surface area contributed by atoms with Crippen LogP contribution in [0.1, 0.15) is 23.6 Å². The van der Waals surface area contributed by atoms with Crippen molar-refractivity contribution < 1.29 is 5.32 Å². The average molecular weight is 254 g/mol. The summed E-state index contributed by atoms with van der Waals surface area (Å²) in [4.78, 5) is 0. The number of nitrogens with two attached hydrogens (primary N) is 2. The lowest BCUT2D eigenvalue weighted by Crippen LogP contribution is -2.77. The molecule has 2 rings (SSSR count). The summed E-state index contributed by atoms with van der Waals surface area (Å²) >= 11 is 0. The molecule has 2 aromatic rings. The molecule has 3 nitrogen and oxygen atoms in total. The Kier molecular flexibility index (Phi) is 3.97. The molecule has 0 saturated carbocycles. The number of nitrogens with one attached hydrogen (secondary N) is 1. The highest BCUT2D eigenvalue weighted by atomic mass is 14.9. The molecule has 3 heteroatoms. The molecular weight excluding hydrogens is 234 g/mol. The molecule has 0 radical (unpaired) electrons. The zero-order chi connectivity index (χ0) is 13.8. The molecule has 0 heterocycles. The summed E-state index contributed by atoms with van der Waals surface area (Å²) in [6.07, 6.45) is 0. The number of rotatable bonds is 4. The van der Waals surface area contributed by atoms with E-state index in [0.717, 1.165) is 23.4 Å². The van der Waals surface area contributed by atoms with E-state index in [1.165, 1.54) is 5.56 Å². The molecule has 0 bridgehead atoms. The van der Waals surface area contributed by atoms with Crippen LogP contribution in [0.3, 0.4) is 0 Å². The third-order valence-corrected chi connectivity index (χ3v) is 3.14. The van der Waals surface area contributed by atoms with Crippen LogP contribution in [0.5, 0.6) is 0 Å². The number of anilines is 1. The molecule has 2 aromatic carbocycles. The fraction of sp³-hybridized carbons (Fsp3) is 0.188. The molecule has 19 heavy (non-hydrogen) atoms. The molecule has 98 valence electrons. The van der Waals surface area contributed by atoms with Crippen LogP contribution in [0, 0.1) is 12.3 Å². The topological polar surface area (TPSA) is 66.5 Å². The van der Waals surface area contributed by atoms with Gasteiger partial charge in [-0.05, 0) is 26.0 Å². The van der Waals surface area contributed by atoms with Crippen LogP contribution in [0.15, 0.2) is 42.5 Å². The van der Waals surface area contributed by atoms with E-state index in [1.54, 1.807) is 0 Å². The lowest BCUT2D eigenvalue weighted by atomic mass is 9.98. The van der Waals surface area contributed by atoms with Crippen LogP contribution in [-0.4, -0.2) is 12.3 Å². The lowest BCUT2D eigenvalue weighted by molar-refractivity contribution is -0.567. The first-order valence-electron chi connectivity index (χ1n) is 6.51. The molecule has 0 atom stereocenters. The van der Waals surface area contributed by atoms with Crippen LogP contribution in [-0.2, 0) is 0 Å². The zero-order valence-electron chi connectivity index (χ0n) is 11.4. The summed E-state index contributed by atoms with van der Waals surface area (Å²) < 4.78 is 0. The first-order valence-corrected chi connectivity index (χ1v) is 6.51. The van der Waals surface area contributed by atoms with Gasteiger partial charge in [0, 0.05) is 11.3 Å². The highest BCUT2D eigenvalue weighted by Crippen LogP contribution is 2.22. The Hall–Kier alpha value is -2.13. The monoisotopic (exact) mass is 254 g/mol. The molecule has 0 aliphatic rings. The van der Waals surface area contributed by atoms with Crippen molar-refractivity contribution in [3.05, 3.63) is 59.2 Å². The zero-order valence-corrected chi connectivity index (χ0v) is 11.4. The van der Waals surface area contributed by atoms with E-state index >= 15 is 0 Å². The van der Waals surface area contributed by atoms with Crippen LogP contribution in [0.4, 0.5) is 11.4 Å². The number of benzene rings is 2. The predicted octanol–water partition coefficient (Wildman–Crippen LogP) is 2.21. The maximum absolute atomic E-state index is 8.40. The second-order valence-corrected chi connectivity index (χ2v) is 4.66. The summed E-state index contributed by atoms with van der Waals surface area (Å²) in [7, 11) is 0. The molecule has 0 unspecified atom stereocenters. The maximum Gasteiger partial charge on any atom is 0.141 e. The molecule has 0 fully saturated rings. The Labute approximate surface area is 114 Å². The summed E-state index contributed by atoms with van der Waals surface area (Å²) in [5.74, 6) is 0. The molecule has 5 N–H and O–H groups in total. The van der Waals surface area contributed by atoms with Crippen molar-refractivity contribution in [1.82, 2.24) is 0 Å². The van der Waals surface area contributed by atoms with Crippen molar-refractivity contribution in [3.8, 4) is 0 Å². The number of nitrogen functional groups attached to an aromatic ring is 1. The molecule has 0 aliphatic heterocycles. The normalized spacial score (nSPS) is 10.4. The number of quaternary nitrogens is 1.